The summed E-state index contributed by atoms with van der Waals surface area (Å²) in [5.74, 6) is -0.353. The van der Waals surface area contributed by atoms with Crippen LogP contribution in [-0.2, 0) is 6.54 Å². The van der Waals surface area contributed by atoms with Crippen molar-refractivity contribution in [1.82, 2.24) is 10.3 Å². The molecular formula is C14H14F2N2O. The van der Waals surface area contributed by atoms with Gasteiger partial charge >= 0.3 is 0 Å². The largest absolute Gasteiger partial charge is 0.439 e. The molecule has 0 amide bonds. The van der Waals surface area contributed by atoms with Crippen molar-refractivity contribution in [3.8, 4) is 11.3 Å². The Bertz CT molecular complexity index is 605. The Kier molecular flexibility index (Phi) is 3.06. The van der Waals surface area contributed by atoms with Crippen LogP contribution in [0.3, 0.4) is 0 Å². The van der Waals surface area contributed by atoms with Gasteiger partial charge in [0.25, 0.3) is 0 Å². The molecule has 0 aliphatic heterocycles. The third-order valence-electron chi connectivity index (χ3n) is 3.19. The molecule has 5 heteroatoms. The molecule has 1 aliphatic carbocycles. The predicted octanol–water partition coefficient (Wildman–Crippen LogP) is 3.18. The first-order valence-electron chi connectivity index (χ1n) is 6.27. The molecule has 0 saturated heterocycles. The number of hydrogen-bond acceptors (Lipinski definition) is 3. The fourth-order valence-electron chi connectivity index (χ4n) is 1.88. The van der Waals surface area contributed by atoms with Crippen molar-refractivity contribution >= 4 is 0 Å². The lowest BCUT2D eigenvalue weighted by Gasteiger charge is -2.02. The van der Waals surface area contributed by atoms with Crippen molar-refractivity contribution in [2.75, 3.05) is 0 Å². The SMILES string of the molecule is Cc1cc(-c2cnc(CNC3CC3)o2)c(F)cc1F. The van der Waals surface area contributed by atoms with Crippen molar-refractivity contribution < 1.29 is 13.2 Å². The minimum atomic E-state index is -0.638. The van der Waals surface area contributed by atoms with Gasteiger partial charge in [0.15, 0.2) is 5.76 Å². The van der Waals surface area contributed by atoms with Gasteiger partial charge in [-0.15, -0.1) is 0 Å². The summed E-state index contributed by atoms with van der Waals surface area (Å²) in [4.78, 5) is 4.10. The second-order valence-corrected chi connectivity index (χ2v) is 4.85. The van der Waals surface area contributed by atoms with Crippen LogP contribution in [0.4, 0.5) is 8.78 Å². The van der Waals surface area contributed by atoms with E-state index in [1.165, 1.54) is 25.1 Å². The normalized spacial score (nSPS) is 14.9. The molecule has 1 aromatic carbocycles. The third-order valence-corrected chi connectivity index (χ3v) is 3.19. The molecule has 1 fully saturated rings. The average molecular weight is 264 g/mol. The average Bonchev–Trinajstić information content (AvgIpc) is 3.09. The van der Waals surface area contributed by atoms with Crippen molar-refractivity contribution in [1.29, 1.82) is 0 Å². The number of hydrogen-bond donors (Lipinski definition) is 1. The van der Waals surface area contributed by atoms with Crippen LogP contribution in [0.5, 0.6) is 0 Å². The Hall–Kier alpha value is -1.75. The third kappa shape index (κ3) is 2.66. The predicted molar refractivity (Wildman–Crippen MR) is 66.5 cm³/mol. The minimum absolute atomic E-state index is 0.240. The van der Waals surface area contributed by atoms with E-state index in [0.717, 1.165) is 6.07 Å². The highest BCUT2D eigenvalue weighted by Crippen LogP contribution is 2.26. The van der Waals surface area contributed by atoms with Gasteiger partial charge < -0.3 is 9.73 Å². The van der Waals surface area contributed by atoms with Crippen LogP contribution in [0.2, 0.25) is 0 Å². The first-order chi connectivity index (χ1) is 9.13. The lowest BCUT2D eigenvalue weighted by Crippen LogP contribution is -2.15. The topological polar surface area (TPSA) is 38.1 Å². The number of aromatic nitrogens is 1. The van der Waals surface area contributed by atoms with Crippen LogP contribution in [-0.4, -0.2) is 11.0 Å². The number of benzene rings is 1. The molecule has 0 bridgehead atoms. The van der Waals surface area contributed by atoms with Gasteiger partial charge in [-0.05, 0) is 31.4 Å². The molecule has 1 aliphatic rings. The van der Waals surface area contributed by atoms with Crippen molar-refractivity contribution in [3.05, 3.63) is 41.4 Å². The molecule has 3 nitrogen and oxygen atoms in total. The Morgan fingerprint density at radius 1 is 1.32 bits per heavy atom. The highest BCUT2D eigenvalue weighted by molar-refractivity contribution is 5.58. The number of nitrogens with zero attached hydrogens (tertiary/aromatic N) is 1. The first kappa shape index (κ1) is 12.3. The van der Waals surface area contributed by atoms with E-state index in [-0.39, 0.29) is 5.56 Å². The second-order valence-electron chi connectivity index (χ2n) is 4.85. The van der Waals surface area contributed by atoms with E-state index >= 15 is 0 Å². The highest BCUT2D eigenvalue weighted by atomic mass is 19.1. The lowest BCUT2D eigenvalue weighted by atomic mass is 10.1. The van der Waals surface area contributed by atoms with E-state index in [9.17, 15) is 8.78 Å². The molecule has 1 saturated carbocycles. The van der Waals surface area contributed by atoms with Crippen LogP contribution in [0.15, 0.2) is 22.7 Å². The zero-order valence-corrected chi connectivity index (χ0v) is 10.5. The molecule has 2 aromatic rings. The standard InChI is InChI=1S/C14H14F2N2O/c1-8-4-10(12(16)5-11(8)15)13-6-18-14(19-13)7-17-9-2-3-9/h4-6,9,17H,2-3,7H2,1H3. The van der Waals surface area contributed by atoms with Crippen molar-refractivity contribution in [2.24, 2.45) is 0 Å². The van der Waals surface area contributed by atoms with E-state index < -0.39 is 11.6 Å². The second kappa shape index (κ2) is 4.74. The molecule has 0 unspecified atom stereocenters. The number of halogens is 2. The Morgan fingerprint density at radius 2 is 2.11 bits per heavy atom. The van der Waals surface area contributed by atoms with E-state index in [1.54, 1.807) is 6.92 Å². The number of oxazole rings is 1. The van der Waals surface area contributed by atoms with Gasteiger partial charge in [0, 0.05) is 12.1 Å². The van der Waals surface area contributed by atoms with Crippen LogP contribution < -0.4 is 5.32 Å². The summed E-state index contributed by atoms with van der Waals surface area (Å²) in [7, 11) is 0. The van der Waals surface area contributed by atoms with Gasteiger partial charge in [-0.1, -0.05) is 0 Å². The molecular weight excluding hydrogens is 250 g/mol. The molecule has 1 aromatic heterocycles. The van der Waals surface area contributed by atoms with Crippen LogP contribution >= 0.6 is 0 Å². The lowest BCUT2D eigenvalue weighted by molar-refractivity contribution is 0.473. The molecule has 1 heterocycles. The summed E-state index contributed by atoms with van der Waals surface area (Å²) in [5, 5.41) is 3.26. The quantitative estimate of drug-likeness (QED) is 0.921. The monoisotopic (exact) mass is 264 g/mol. The fourth-order valence-corrected chi connectivity index (χ4v) is 1.88. The van der Waals surface area contributed by atoms with Gasteiger partial charge in [0.1, 0.15) is 11.6 Å². The smallest absolute Gasteiger partial charge is 0.208 e. The number of nitrogens with one attached hydrogen (secondary N) is 1. The Labute approximate surface area is 109 Å². The summed E-state index contributed by atoms with van der Waals surface area (Å²) in [6.45, 7) is 2.12. The summed E-state index contributed by atoms with van der Waals surface area (Å²) in [6, 6.07) is 2.86. The maximum atomic E-state index is 13.7. The number of aryl methyl sites for hydroxylation is 1. The van der Waals surface area contributed by atoms with E-state index in [2.05, 4.69) is 10.3 Å². The van der Waals surface area contributed by atoms with E-state index in [1.807, 2.05) is 0 Å². The molecule has 0 radical (unpaired) electrons. The Morgan fingerprint density at radius 3 is 2.84 bits per heavy atom. The molecule has 3 rings (SSSR count). The van der Waals surface area contributed by atoms with Gasteiger partial charge in [-0.2, -0.15) is 0 Å². The van der Waals surface area contributed by atoms with Gasteiger partial charge in [0.05, 0.1) is 18.3 Å². The van der Waals surface area contributed by atoms with Crippen molar-refractivity contribution in [2.45, 2.75) is 32.4 Å². The maximum absolute atomic E-state index is 13.7. The summed E-state index contributed by atoms with van der Waals surface area (Å²) >= 11 is 0. The van der Waals surface area contributed by atoms with E-state index in [4.69, 9.17) is 4.42 Å². The molecule has 1 N–H and O–H groups in total. The zero-order chi connectivity index (χ0) is 13.4. The summed E-state index contributed by atoms with van der Waals surface area (Å²) < 4.78 is 32.4. The van der Waals surface area contributed by atoms with Gasteiger partial charge in [0.2, 0.25) is 5.89 Å². The van der Waals surface area contributed by atoms with Crippen LogP contribution in [0, 0.1) is 18.6 Å². The van der Waals surface area contributed by atoms with Gasteiger partial charge in [-0.3, -0.25) is 0 Å². The zero-order valence-electron chi connectivity index (χ0n) is 10.5. The molecule has 0 spiro atoms. The van der Waals surface area contributed by atoms with Gasteiger partial charge in [-0.25, -0.2) is 13.8 Å². The highest BCUT2D eigenvalue weighted by Gasteiger charge is 2.21. The van der Waals surface area contributed by atoms with Crippen molar-refractivity contribution in [3.63, 3.8) is 0 Å². The maximum Gasteiger partial charge on any atom is 0.208 e. The molecule has 100 valence electrons. The molecule has 0 atom stereocenters. The van der Waals surface area contributed by atoms with Crippen LogP contribution in [0.25, 0.3) is 11.3 Å². The van der Waals surface area contributed by atoms with Crippen LogP contribution in [0.1, 0.15) is 24.3 Å². The summed E-state index contributed by atoms with van der Waals surface area (Å²) in [5.41, 5.74) is 0.620. The number of rotatable bonds is 4. The minimum Gasteiger partial charge on any atom is -0.439 e. The first-order valence-corrected chi connectivity index (χ1v) is 6.27. The Balaban J connectivity index is 1.83. The van der Waals surface area contributed by atoms with E-state index in [0.29, 0.717) is 29.8 Å². The molecule has 19 heavy (non-hydrogen) atoms. The fraction of sp³-hybridized carbons (Fsp3) is 0.357. The summed E-state index contributed by atoms with van der Waals surface area (Å²) in [6.07, 6.45) is 3.83.